The average molecular weight is 475 g/mol. The van der Waals surface area contributed by atoms with Crippen molar-refractivity contribution in [2.45, 2.75) is 43.7 Å². The molecule has 3 aromatic rings. The predicted molar refractivity (Wildman–Crippen MR) is 119 cm³/mol. The molecular weight excluding hydrogens is 452 g/mol. The van der Waals surface area contributed by atoms with Gasteiger partial charge in [0.2, 0.25) is 27.6 Å². The van der Waals surface area contributed by atoms with Crippen LogP contribution in [0.5, 0.6) is 0 Å². The van der Waals surface area contributed by atoms with E-state index in [1.54, 1.807) is 31.2 Å². The summed E-state index contributed by atoms with van der Waals surface area (Å²) in [5.41, 5.74) is 1.49. The van der Waals surface area contributed by atoms with Crippen molar-refractivity contribution >= 4 is 27.5 Å². The van der Waals surface area contributed by atoms with E-state index in [2.05, 4.69) is 15.5 Å². The third-order valence-corrected chi connectivity index (χ3v) is 7.47. The molecule has 0 saturated carbocycles. The fourth-order valence-electron chi connectivity index (χ4n) is 3.66. The van der Waals surface area contributed by atoms with Gasteiger partial charge in [0.1, 0.15) is 6.04 Å². The van der Waals surface area contributed by atoms with Crippen molar-refractivity contribution in [1.82, 2.24) is 19.8 Å². The van der Waals surface area contributed by atoms with Gasteiger partial charge in [-0.15, -0.1) is 0 Å². The maximum absolute atomic E-state index is 13.6. The van der Waals surface area contributed by atoms with E-state index in [0.29, 0.717) is 29.7 Å². The van der Waals surface area contributed by atoms with Crippen molar-refractivity contribution in [3.8, 4) is 11.4 Å². The van der Waals surface area contributed by atoms with Gasteiger partial charge in [-0.2, -0.15) is 9.29 Å². The van der Waals surface area contributed by atoms with Gasteiger partial charge in [-0.25, -0.2) is 8.42 Å². The summed E-state index contributed by atoms with van der Waals surface area (Å²) in [4.78, 5) is 17.1. The van der Waals surface area contributed by atoms with Gasteiger partial charge < -0.3 is 9.84 Å². The first-order chi connectivity index (χ1) is 15.3. The summed E-state index contributed by atoms with van der Waals surface area (Å²) in [7, 11) is -3.95. The van der Waals surface area contributed by atoms with E-state index in [0.717, 1.165) is 24.0 Å². The summed E-state index contributed by atoms with van der Waals surface area (Å²) >= 11 is 5.94. The Hall–Kier alpha value is -2.75. The summed E-state index contributed by atoms with van der Waals surface area (Å²) < 4.78 is 33.4. The fraction of sp³-hybridized carbons (Fsp3) is 0.318. The Morgan fingerprint density at radius 2 is 1.84 bits per heavy atom. The number of nitrogens with zero attached hydrogens (tertiary/aromatic N) is 3. The first kappa shape index (κ1) is 22.4. The van der Waals surface area contributed by atoms with Crippen LogP contribution in [0, 0.1) is 6.92 Å². The van der Waals surface area contributed by atoms with Crippen molar-refractivity contribution in [1.29, 1.82) is 0 Å². The number of halogens is 1. The average Bonchev–Trinajstić information content (AvgIpc) is 3.10. The first-order valence-electron chi connectivity index (χ1n) is 10.3. The van der Waals surface area contributed by atoms with Gasteiger partial charge in [0.05, 0.1) is 4.90 Å². The van der Waals surface area contributed by atoms with Crippen molar-refractivity contribution < 1.29 is 17.7 Å². The van der Waals surface area contributed by atoms with Crippen molar-refractivity contribution in [3.05, 3.63) is 65.0 Å². The Balaban J connectivity index is 1.67. The molecule has 1 saturated heterocycles. The number of aryl methyl sites for hydroxylation is 1. The number of amides is 1. The van der Waals surface area contributed by atoms with Crippen LogP contribution < -0.4 is 5.32 Å². The molecule has 1 N–H and O–H groups in total. The van der Waals surface area contributed by atoms with Gasteiger partial charge >= 0.3 is 0 Å². The van der Waals surface area contributed by atoms with Gasteiger partial charge in [-0.05, 0) is 49.1 Å². The predicted octanol–water partition coefficient (Wildman–Crippen LogP) is 3.56. The van der Waals surface area contributed by atoms with Crippen LogP contribution in [0.25, 0.3) is 11.4 Å². The highest BCUT2D eigenvalue weighted by atomic mass is 35.5. The fourth-order valence-corrected chi connectivity index (χ4v) is 5.39. The molecule has 0 bridgehead atoms. The van der Waals surface area contributed by atoms with Gasteiger partial charge in [-0.3, -0.25) is 4.79 Å². The number of hydrogen-bond acceptors (Lipinski definition) is 6. The van der Waals surface area contributed by atoms with Crippen LogP contribution in [-0.4, -0.2) is 41.4 Å². The molecule has 0 radical (unpaired) electrons. The first-order valence-corrected chi connectivity index (χ1v) is 12.1. The minimum atomic E-state index is -3.95. The molecule has 0 unspecified atom stereocenters. The number of rotatable bonds is 6. The van der Waals surface area contributed by atoms with E-state index in [4.69, 9.17) is 16.1 Å². The molecule has 0 aliphatic carbocycles. The van der Waals surface area contributed by atoms with Crippen molar-refractivity contribution in [3.63, 3.8) is 0 Å². The summed E-state index contributed by atoms with van der Waals surface area (Å²) in [5.74, 6) is 0.644. The molecule has 2 heterocycles. The standard InChI is InChI=1S/C22H23ClN4O4S/c1-15-25-21(26-31-15)17-7-5-16(6-8-17)14-27(20-4-2-3-13-24-22(20)28)32(29,30)19-11-9-18(23)10-12-19/h5-12,20H,2-4,13-14H2,1H3,(H,24,28)/t20-/m1/s1. The molecule has 10 heteroatoms. The van der Waals surface area contributed by atoms with Crippen LogP contribution in [0.3, 0.4) is 0 Å². The van der Waals surface area contributed by atoms with Crippen molar-refractivity contribution in [2.75, 3.05) is 6.54 Å². The Morgan fingerprint density at radius 3 is 2.50 bits per heavy atom. The second kappa shape index (κ2) is 9.40. The zero-order chi connectivity index (χ0) is 22.7. The highest BCUT2D eigenvalue weighted by Gasteiger charge is 2.36. The molecule has 1 aliphatic heterocycles. The van der Waals surface area contributed by atoms with Crippen LogP contribution >= 0.6 is 11.6 Å². The maximum atomic E-state index is 13.6. The highest BCUT2D eigenvalue weighted by Crippen LogP contribution is 2.26. The van der Waals surface area contributed by atoms with Crippen LogP contribution in [0.15, 0.2) is 57.9 Å². The second-order valence-electron chi connectivity index (χ2n) is 7.64. The molecule has 8 nitrogen and oxygen atoms in total. The van der Waals surface area contributed by atoms with Gasteiger partial charge in [0.25, 0.3) is 0 Å². The van der Waals surface area contributed by atoms with Crippen LogP contribution in [-0.2, 0) is 21.4 Å². The van der Waals surface area contributed by atoms with E-state index in [-0.39, 0.29) is 17.3 Å². The highest BCUT2D eigenvalue weighted by molar-refractivity contribution is 7.89. The Kier molecular flexibility index (Phi) is 6.59. The second-order valence-corrected chi connectivity index (χ2v) is 9.97. The number of benzene rings is 2. The van der Waals surface area contributed by atoms with Gasteiger partial charge in [0, 0.05) is 30.6 Å². The number of hydrogen-bond donors (Lipinski definition) is 1. The molecule has 168 valence electrons. The Morgan fingerprint density at radius 1 is 1.12 bits per heavy atom. The van der Waals surface area contributed by atoms with Crippen LogP contribution in [0.2, 0.25) is 5.02 Å². The molecule has 0 spiro atoms. The number of carbonyl (C=O) groups excluding carboxylic acids is 1. The lowest BCUT2D eigenvalue weighted by atomic mass is 10.1. The van der Waals surface area contributed by atoms with E-state index in [9.17, 15) is 13.2 Å². The third kappa shape index (κ3) is 4.85. The summed E-state index contributed by atoms with van der Waals surface area (Å²) in [6.45, 7) is 2.31. The molecule has 32 heavy (non-hydrogen) atoms. The molecule has 2 aromatic carbocycles. The molecule has 4 rings (SSSR count). The Labute approximate surface area is 191 Å². The van der Waals surface area contributed by atoms with E-state index >= 15 is 0 Å². The van der Waals surface area contributed by atoms with Gasteiger partial charge in [0.15, 0.2) is 0 Å². The molecule has 1 amide bonds. The minimum Gasteiger partial charge on any atom is -0.355 e. The topological polar surface area (TPSA) is 105 Å². The number of sulfonamides is 1. The lowest BCUT2D eigenvalue weighted by molar-refractivity contribution is -0.124. The SMILES string of the molecule is Cc1nc(-c2ccc(CN([C@@H]3CCCCNC3=O)S(=O)(=O)c3ccc(Cl)cc3)cc2)no1. The molecule has 1 aliphatic rings. The number of carbonyl (C=O) groups is 1. The molecule has 1 atom stereocenters. The van der Waals surface area contributed by atoms with Crippen LogP contribution in [0.4, 0.5) is 0 Å². The zero-order valence-electron chi connectivity index (χ0n) is 17.5. The monoisotopic (exact) mass is 474 g/mol. The quantitative estimate of drug-likeness (QED) is 0.585. The van der Waals surface area contributed by atoms with E-state index < -0.39 is 16.1 Å². The zero-order valence-corrected chi connectivity index (χ0v) is 19.1. The third-order valence-electron chi connectivity index (χ3n) is 5.35. The Bertz CT molecular complexity index is 1190. The maximum Gasteiger partial charge on any atom is 0.244 e. The lowest BCUT2D eigenvalue weighted by Gasteiger charge is -2.29. The van der Waals surface area contributed by atoms with E-state index in [1.807, 2.05) is 0 Å². The normalized spacial score (nSPS) is 17.2. The lowest BCUT2D eigenvalue weighted by Crippen LogP contribution is -2.48. The molecular formula is C22H23ClN4O4S. The largest absolute Gasteiger partial charge is 0.355 e. The smallest absolute Gasteiger partial charge is 0.244 e. The molecule has 1 fully saturated rings. The summed E-state index contributed by atoms with van der Waals surface area (Å²) in [6, 6.07) is 12.4. The minimum absolute atomic E-state index is 0.0502. The summed E-state index contributed by atoms with van der Waals surface area (Å²) in [6.07, 6.45) is 2.03. The van der Waals surface area contributed by atoms with Gasteiger partial charge in [-0.1, -0.05) is 41.0 Å². The summed E-state index contributed by atoms with van der Waals surface area (Å²) in [5, 5.41) is 7.17. The van der Waals surface area contributed by atoms with Crippen molar-refractivity contribution in [2.24, 2.45) is 0 Å². The van der Waals surface area contributed by atoms with E-state index in [1.165, 1.54) is 28.6 Å². The van der Waals surface area contributed by atoms with Crippen LogP contribution in [0.1, 0.15) is 30.7 Å². The number of aromatic nitrogens is 2. The molecule has 1 aromatic heterocycles. The number of nitrogens with one attached hydrogen (secondary N) is 1.